The number of nitrogens with two attached hydrogens (primary N) is 1. The van der Waals surface area contributed by atoms with Crippen molar-refractivity contribution < 1.29 is 9.84 Å². The van der Waals surface area contributed by atoms with Gasteiger partial charge in [-0.3, -0.25) is 0 Å². The van der Waals surface area contributed by atoms with E-state index in [1.165, 1.54) is 44.1 Å². The van der Waals surface area contributed by atoms with Gasteiger partial charge in [-0.1, -0.05) is 45.4 Å². The van der Waals surface area contributed by atoms with Gasteiger partial charge in [-0.2, -0.15) is 0 Å². The molecule has 0 aromatic heterocycles. The molecule has 1 aliphatic rings. The second-order valence-corrected chi connectivity index (χ2v) is 7.62. The van der Waals surface area contributed by atoms with Crippen LogP contribution in [0, 0.1) is 11.8 Å². The Hall–Kier alpha value is -0.900. The highest BCUT2D eigenvalue weighted by Crippen LogP contribution is 2.31. The lowest BCUT2D eigenvalue weighted by atomic mass is 9.80. The van der Waals surface area contributed by atoms with E-state index in [1.807, 2.05) is 0 Å². The molecule has 1 aliphatic carbocycles. The average Bonchev–Trinajstić information content (AvgIpc) is 2.64. The van der Waals surface area contributed by atoms with E-state index in [-0.39, 0.29) is 0 Å². The number of aliphatic hydroxyl groups excluding tert-OH is 1. The van der Waals surface area contributed by atoms with Crippen LogP contribution in [0.5, 0.6) is 0 Å². The normalized spacial score (nSPS) is 17.6. The maximum Gasteiger partial charge on any atom is 0.0488 e. The highest BCUT2D eigenvalue weighted by atomic mass is 16.5. The van der Waals surface area contributed by atoms with Gasteiger partial charge in [0.1, 0.15) is 0 Å². The Morgan fingerprint density at radius 2 is 2.00 bits per heavy atom. The van der Waals surface area contributed by atoms with Crippen molar-refractivity contribution in [2.24, 2.45) is 17.6 Å². The molecule has 0 spiro atoms. The van der Waals surface area contributed by atoms with E-state index >= 15 is 0 Å². The lowest BCUT2D eigenvalue weighted by Crippen LogP contribution is -2.18. The third-order valence-corrected chi connectivity index (χ3v) is 5.08. The predicted octanol–water partition coefficient (Wildman–Crippen LogP) is 4.31. The molecule has 3 nitrogen and oxygen atoms in total. The van der Waals surface area contributed by atoms with Crippen molar-refractivity contribution in [3.63, 3.8) is 0 Å². The molecule has 0 saturated carbocycles. The number of aryl methyl sites for hydroxylation is 1. The van der Waals surface area contributed by atoms with Gasteiger partial charge in [-0.25, -0.2) is 0 Å². The number of rotatable bonds is 9. The maximum absolute atomic E-state index is 7.00. The number of aliphatic hydroxyl groups is 1. The summed E-state index contributed by atoms with van der Waals surface area (Å²) in [5.74, 6) is 1.97. The van der Waals surface area contributed by atoms with Crippen LogP contribution in [0.4, 0.5) is 0 Å². The Morgan fingerprint density at radius 3 is 2.64 bits per heavy atom. The summed E-state index contributed by atoms with van der Waals surface area (Å²) in [6.07, 6.45) is 7.36. The van der Waals surface area contributed by atoms with Gasteiger partial charge in [0.05, 0.1) is 0 Å². The fraction of sp³-hybridized carbons (Fsp3) is 0.727. The van der Waals surface area contributed by atoms with Crippen molar-refractivity contribution in [2.75, 3.05) is 26.9 Å². The lowest BCUT2D eigenvalue weighted by Gasteiger charge is -2.26. The third kappa shape index (κ3) is 7.47. The van der Waals surface area contributed by atoms with Crippen LogP contribution < -0.4 is 5.73 Å². The van der Waals surface area contributed by atoms with Gasteiger partial charge in [0.25, 0.3) is 0 Å². The molecule has 1 aromatic rings. The molecule has 2 atom stereocenters. The fourth-order valence-corrected chi connectivity index (χ4v) is 3.69. The van der Waals surface area contributed by atoms with E-state index in [9.17, 15) is 0 Å². The van der Waals surface area contributed by atoms with Crippen molar-refractivity contribution in [3.8, 4) is 0 Å². The van der Waals surface area contributed by atoms with Crippen LogP contribution in [-0.4, -0.2) is 32.0 Å². The molecule has 144 valence electrons. The predicted molar refractivity (Wildman–Crippen MR) is 107 cm³/mol. The summed E-state index contributed by atoms with van der Waals surface area (Å²) >= 11 is 0. The Bertz CT molecular complexity index is 473. The second-order valence-electron chi connectivity index (χ2n) is 7.62. The number of ether oxygens (including phenoxy) is 1. The van der Waals surface area contributed by atoms with Crippen LogP contribution in [0.1, 0.15) is 69.1 Å². The van der Waals surface area contributed by atoms with Gasteiger partial charge in [-0.05, 0) is 73.1 Å². The molecule has 2 unspecified atom stereocenters. The lowest BCUT2D eigenvalue weighted by molar-refractivity contribution is 0.0962. The topological polar surface area (TPSA) is 55.5 Å². The van der Waals surface area contributed by atoms with E-state index in [1.54, 1.807) is 11.1 Å². The zero-order valence-corrected chi connectivity index (χ0v) is 16.8. The molecule has 0 aliphatic heterocycles. The van der Waals surface area contributed by atoms with E-state index in [2.05, 4.69) is 39.0 Å². The monoisotopic (exact) mass is 349 g/mol. The number of benzene rings is 1. The zero-order valence-electron chi connectivity index (χ0n) is 16.8. The van der Waals surface area contributed by atoms with Gasteiger partial charge in [-0.15, -0.1) is 0 Å². The first-order valence-corrected chi connectivity index (χ1v) is 9.98. The molecular formula is C22H39NO2. The first-order chi connectivity index (χ1) is 12.1. The summed E-state index contributed by atoms with van der Waals surface area (Å²) in [5.41, 5.74) is 10.5. The molecule has 1 aromatic carbocycles. The van der Waals surface area contributed by atoms with Crippen LogP contribution in [-0.2, 0) is 17.6 Å². The number of fused-ring (bicyclic) bond motifs is 1. The molecule has 0 heterocycles. The van der Waals surface area contributed by atoms with Crippen LogP contribution in [0.15, 0.2) is 18.2 Å². The van der Waals surface area contributed by atoms with E-state index in [0.717, 1.165) is 32.8 Å². The summed E-state index contributed by atoms with van der Waals surface area (Å²) in [7, 11) is 1.00. The van der Waals surface area contributed by atoms with Crippen LogP contribution in [0.3, 0.4) is 0 Å². The van der Waals surface area contributed by atoms with Crippen molar-refractivity contribution in [3.05, 3.63) is 34.9 Å². The molecule has 2 rings (SSSR count). The van der Waals surface area contributed by atoms with Crippen molar-refractivity contribution in [1.82, 2.24) is 0 Å². The Labute approximate surface area is 155 Å². The standard InChI is InChI=1S/C21H35NO.CH4O/c1-4-5-21(14-22)20-9-8-18-12-17(6-7-19(18)13-20)10-11-23-15-16(2)3;1-2/h8-9,13,16-17,21H,4-7,10-12,14-15,22H2,1-3H3;2H,1H3. The zero-order chi connectivity index (χ0) is 18.7. The van der Waals surface area contributed by atoms with Crippen LogP contribution >= 0.6 is 0 Å². The summed E-state index contributed by atoms with van der Waals surface area (Å²) < 4.78 is 5.76. The van der Waals surface area contributed by atoms with Crippen LogP contribution in [0.2, 0.25) is 0 Å². The minimum atomic E-state index is 0.535. The molecule has 3 heteroatoms. The van der Waals surface area contributed by atoms with Gasteiger partial charge in [0, 0.05) is 20.3 Å². The van der Waals surface area contributed by atoms with E-state index in [4.69, 9.17) is 15.6 Å². The van der Waals surface area contributed by atoms with Crippen molar-refractivity contribution in [2.45, 2.75) is 65.2 Å². The summed E-state index contributed by atoms with van der Waals surface area (Å²) in [6, 6.07) is 7.13. The van der Waals surface area contributed by atoms with E-state index in [0.29, 0.717) is 11.8 Å². The van der Waals surface area contributed by atoms with Gasteiger partial charge >= 0.3 is 0 Å². The third-order valence-electron chi connectivity index (χ3n) is 5.08. The highest BCUT2D eigenvalue weighted by molar-refractivity contribution is 5.36. The SMILES string of the molecule is CCCC(CN)c1ccc2c(c1)CCC(CCOCC(C)C)C2.CO. The summed E-state index contributed by atoms with van der Waals surface area (Å²) in [5, 5.41) is 7.00. The smallest absolute Gasteiger partial charge is 0.0488 e. The molecule has 0 amide bonds. The van der Waals surface area contributed by atoms with Crippen molar-refractivity contribution in [1.29, 1.82) is 0 Å². The Kier molecular flexibility index (Phi) is 11.0. The second kappa shape index (κ2) is 12.5. The first kappa shape index (κ1) is 22.1. The molecule has 0 fully saturated rings. The van der Waals surface area contributed by atoms with Gasteiger partial charge in [0.15, 0.2) is 0 Å². The fourth-order valence-electron chi connectivity index (χ4n) is 3.69. The maximum atomic E-state index is 7.00. The quantitative estimate of drug-likeness (QED) is 0.653. The highest BCUT2D eigenvalue weighted by Gasteiger charge is 2.20. The van der Waals surface area contributed by atoms with Gasteiger partial charge < -0.3 is 15.6 Å². The minimum absolute atomic E-state index is 0.535. The summed E-state index contributed by atoms with van der Waals surface area (Å²) in [6.45, 7) is 9.24. The average molecular weight is 350 g/mol. The largest absolute Gasteiger partial charge is 0.400 e. The number of hydrogen-bond acceptors (Lipinski definition) is 3. The van der Waals surface area contributed by atoms with Gasteiger partial charge in [0.2, 0.25) is 0 Å². The first-order valence-electron chi connectivity index (χ1n) is 9.98. The molecule has 0 bridgehead atoms. The number of hydrogen-bond donors (Lipinski definition) is 2. The van der Waals surface area contributed by atoms with E-state index < -0.39 is 0 Å². The molecule has 3 N–H and O–H groups in total. The Morgan fingerprint density at radius 1 is 1.24 bits per heavy atom. The minimum Gasteiger partial charge on any atom is -0.400 e. The molecule has 25 heavy (non-hydrogen) atoms. The van der Waals surface area contributed by atoms with Crippen molar-refractivity contribution >= 4 is 0 Å². The van der Waals surface area contributed by atoms with Crippen LogP contribution in [0.25, 0.3) is 0 Å². The molecule has 0 saturated heterocycles. The summed E-state index contributed by atoms with van der Waals surface area (Å²) in [4.78, 5) is 0. The Balaban J connectivity index is 0.00000151. The molecular weight excluding hydrogens is 310 g/mol. The molecule has 0 radical (unpaired) electrons.